The van der Waals surface area contributed by atoms with Crippen LogP contribution >= 0.6 is 23.2 Å². The van der Waals surface area contributed by atoms with Crippen LogP contribution in [0.4, 0.5) is 0 Å². The highest BCUT2D eigenvalue weighted by atomic mass is 35.5. The number of carbonyl (C=O) groups is 2. The van der Waals surface area contributed by atoms with Crippen molar-refractivity contribution in [3.05, 3.63) is 0 Å². The third-order valence-corrected chi connectivity index (χ3v) is 1.79. The second kappa shape index (κ2) is 8.80. The van der Waals surface area contributed by atoms with Gasteiger partial charge >= 0.3 is 11.9 Å². The monoisotopic (exact) mass is 256 g/mol. The predicted molar refractivity (Wildman–Crippen MR) is 57.2 cm³/mol. The normalized spacial score (nSPS) is 11.9. The van der Waals surface area contributed by atoms with Crippen molar-refractivity contribution >= 4 is 35.1 Å². The molecule has 0 aromatic rings. The Kier molecular flexibility index (Phi) is 8.52. The lowest BCUT2D eigenvalue weighted by molar-refractivity contribution is -0.157. The second-order valence-electron chi connectivity index (χ2n) is 2.86. The lowest BCUT2D eigenvalue weighted by Crippen LogP contribution is -2.22. The molecule has 0 heterocycles. The molecule has 0 aromatic carbocycles. The van der Waals surface area contributed by atoms with Gasteiger partial charge in [-0.3, -0.25) is 9.59 Å². The summed E-state index contributed by atoms with van der Waals surface area (Å²) in [4.78, 5) is 21.8. The minimum Gasteiger partial charge on any atom is -0.462 e. The molecule has 0 aliphatic heterocycles. The van der Waals surface area contributed by atoms with E-state index < -0.39 is 18.0 Å². The first-order valence-electron chi connectivity index (χ1n) is 4.57. The van der Waals surface area contributed by atoms with Gasteiger partial charge in [-0.2, -0.15) is 0 Å². The topological polar surface area (TPSA) is 52.6 Å². The van der Waals surface area contributed by atoms with Gasteiger partial charge in [0.15, 0.2) is 0 Å². The van der Waals surface area contributed by atoms with Crippen molar-refractivity contribution in [2.75, 3.05) is 18.4 Å². The van der Waals surface area contributed by atoms with E-state index in [0.717, 1.165) is 0 Å². The van der Waals surface area contributed by atoms with E-state index in [2.05, 4.69) is 0 Å². The highest BCUT2D eigenvalue weighted by Crippen LogP contribution is 1.98. The number of hydrogen-bond donors (Lipinski definition) is 0. The van der Waals surface area contributed by atoms with Crippen molar-refractivity contribution in [1.29, 1.82) is 0 Å². The number of rotatable bonds is 7. The van der Waals surface area contributed by atoms with Crippen LogP contribution in [-0.4, -0.2) is 36.4 Å². The average molecular weight is 257 g/mol. The molecule has 0 aliphatic rings. The van der Waals surface area contributed by atoms with Crippen LogP contribution in [-0.2, 0) is 19.1 Å². The van der Waals surface area contributed by atoms with E-state index in [4.69, 9.17) is 32.7 Å². The van der Waals surface area contributed by atoms with E-state index in [1.54, 1.807) is 6.92 Å². The Hall–Kier alpha value is -0.480. The van der Waals surface area contributed by atoms with Crippen molar-refractivity contribution in [3.63, 3.8) is 0 Å². The van der Waals surface area contributed by atoms with Crippen LogP contribution in [0.25, 0.3) is 0 Å². The molecule has 0 aliphatic carbocycles. The Balaban J connectivity index is 3.60. The first kappa shape index (κ1) is 14.5. The van der Waals surface area contributed by atoms with Crippen molar-refractivity contribution in [2.24, 2.45) is 0 Å². The van der Waals surface area contributed by atoms with E-state index in [9.17, 15) is 9.59 Å². The summed E-state index contributed by atoms with van der Waals surface area (Å²) in [6, 6.07) is 0. The summed E-state index contributed by atoms with van der Waals surface area (Å²) >= 11 is 10.7. The average Bonchev–Trinajstić information content (AvgIpc) is 2.15. The quantitative estimate of drug-likeness (QED) is 0.514. The van der Waals surface area contributed by atoms with Gasteiger partial charge in [0.05, 0.1) is 12.8 Å². The van der Waals surface area contributed by atoms with Crippen molar-refractivity contribution < 1.29 is 19.1 Å². The molecule has 0 spiro atoms. The largest absolute Gasteiger partial charge is 0.462 e. The maximum atomic E-state index is 11.0. The van der Waals surface area contributed by atoms with Crippen molar-refractivity contribution in [2.45, 2.75) is 25.9 Å². The predicted octanol–water partition coefficient (Wildman–Crippen LogP) is 1.72. The molecular weight excluding hydrogens is 243 g/mol. The van der Waals surface area contributed by atoms with Gasteiger partial charge in [-0.05, 0) is 6.92 Å². The van der Waals surface area contributed by atoms with Crippen LogP contribution < -0.4 is 0 Å². The zero-order valence-corrected chi connectivity index (χ0v) is 10.0. The van der Waals surface area contributed by atoms with Gasteiger partial charge in [-0.15, -0.1) is 23.2 Å². The Morgan fingerprint density at radius 1 is 1.13 bits per heavy atom. The number of carbonyl (C=O) groups excluding carboxylic acids is 2. The summed E-state index contributed by atoms with van der Waals surface area (Å²) in [6.07, 6.45) is -0.147. The molecule has 0 saturated heterocycles. The van der Waals surface area contributed by atoms with Gasteiger partial charge < -0.3 is 9.47 Å². The first-order chi connectivity index (χ1) is 7.10. The minimum atomic E-state index is -0.458. The number of ether oxygens (including phenoxy) is 2. The molecule has 0 fully saturated rings. The van der Waals surface area contributed by atoms with E-state index in [1.165, 1.54) is 0 Å². The second-order valence-corrected chi connectivity index (χ2v) is 3.62. The number of halogens is 2. The van der Waals surface area contributed by atoms with Gasteiger partial charge in [0.1, 0.15) is 12.7 Å². The smallest absolute Gasteiger partial charge is 0.307 e. The van der Waals surface area contributed by atoms with Gasteiger partial charge in [-0.25, -0.2) is 0 Å². The third kappa shape index (κ3) is 8.51. The fraction of sp³-hybridized carbons (Fsp3) is 0.778. The summed E-state index contributed by atoms with van der Waals surface area (Å²) < 4.78 is 9.68. The lowest BCUT2D eigenvalue weighted by atomic mass is 10.4. The maximum absolute atomic E-state index is 11.0. The molecule has 0 saturated carbocycles. The SMILES string of the molecule is CC(COC(=O)CCCl)OC(=O)CCCl. The van der Waals surface area contributed by atoms with Crippen LogP contribution in [0.2, 0.25) is 0 Å². The van der Waals surface area contributed by atoms with Crippen LogP contribution in [0, 0.1) is 0 Å². The van der Waals surface area contributed by atoms with Crippen LogP contribution in [0.1, 0.15) is 19.8 Å². The Morgan fingerprint density at radius 2 is 1.67 bits per heavy atom. The van der Waals surface area contributed by atoms with Crippen LogP contribution in [0.15, 0.2) is 0 Å². The molecule has 0 N–H and O–H groups in total. The van der Waals surface area contributed by atoms with E-state index in [1.807, 2.05) is 0 Å². The number of alkyl halides is 2. The van der Waals surface area contributed by atoms with Gasteiger partial charge in [0.2, 0.25) is 0 Å². The zero-order valence-electron chi connectivity index (χ0n) is 8.50. The Labute approximate surface area is 98.8 Å². The summed E-state index contributed by atoms with van der Waals surface area (Å²) in [7, 11) is 0. The fourth-order valence-corrected chi connectivity index (χ4v) is 1.06. The standard InChI is InChI=1S/C9H14Cl2O4/c1-7(15-9(13)3-5-11)6-14-8(12)2-4-10/h7H,2-6H2,1H3. The molecule has 88 valence electrons. The highest BCUT2D eigenvalue weighted by Gasteiger charge is 2.11. The minimum absolute atomic E-state index is 0.0454. The summed E-state index contributed by atoms with van der Waals surface area (Å²) in [5, 5.41) is 0. The molecule has 1 unspecified atom stereocenters. The Bertz CT molecular complexity index is 208. The van der Waals surface area contributed by atoms with Crippen molar-refractivity contribution in [1.82, 2.24) is 0 Å². The third-order valence-electron chi connectivity index (χ3n) is 1.41. The van der Waals surface area contributed by atoms with E-state index in [0.29, 0.717) is 0 Å². The van der Waals surface area contributed by atoms with Crippen molar-refractivity contribution in [3.8, 4) is 0 Å². The molecule has 0 rings (SSSR count). The highest BCUT2D eigenvalue weighted by molar-refractivity contribution is 6.19. The fourth-order valence-electron chi connectivity index (χ4n) is 0.754. The Morgan fingerprint density at radius 3 is 2.20 bits per heavy atom. The summed E-state index contributed by atoms with van der Waals surface area (Å²) in [5.74, 6) is -0.354. The zero-order chi connectivity index (χ0) is 11.7. The molecule has 0 radical (unpaired) electrons. The molecule has 0 bridgehead atoms. The molecular formula is C9H14Cl2O4. The maximum Gasteiger partial charge on any atom is 0.307 e. The van der Waals surface area contributed by atoms with Gasteiger partial charge in [0, 0.05) is 11.8 Å². The number of hydrogen-bond acceptors (Lipinski definition) is 4. The molecule has 6 heteroatoms. The van der Waals surface area contributed by atoms with Crippen LogP contribution in [0.3, 0.4) is 0 Å². The van der Waals surface area contributed by atoms with Crippen LogP contribution in [0.5, 0.6) is 0 Å². The molecule has 0 amide bonds. The molecule has 1 atom stereocenters. The first-order valence-corrected chi connectivity index (χ1v) is 5.64. The summed E-state index contributed by atoms with van der Waals surface area (Å²) in [6.45, 7) is 1.68. The molecule has 0 aromatic heterocycles. The van der Waals surface area contributed by atoms with E-state index in [-0.39, 0.29) is 31.2 Å². The van der Waals surface area contributed by atoms with Gasteiger partial charge in [0.25, 0.3) is 0 Å². The van der Waals surface area contributed by atoms with E-state index >= 15 is 0 Å². The van der Waals surface area contributed by atoms with Gasteiger partial charge in [-0.1, -0.05) is 0 Å². The number of esters is 2. The lowest BCUT2D eigenvalue weighted by Gasteiger charge is -2.12. The molecule has 4 nitrogen and oxygen atoms in total. The summed E-state index contributed by atoms with van der Waals surface area (Å²) in [5.41, 5.74) is 0. The molecule has 15 heavy (non-hydrogen) atoms.